The van der Waals surface area contributed by atoms with Gasteiger partial charge < -0.3 is 9.57 Å². The van der Waals surface area contributed by atoms with Crippen LogP contribution in [0.3, 0.4) is 0 Å². The molecular formula is C10H14BrNO2. The zero-order valence-electron chi connectivity index (χ0n) is 8.34. The molecule has 0 heterocycles. The van der Waals surface area contributed by atoms with Crippen LogP contribution in [0.1, 0.15) is 11.1 Å². The van der Waals surface area contributed by atoms with Crippen molar-refractivity contribution >= 4 is 15.9 Å². The fraction of sp³-hybridized carbons (Fsp3) is 0.400. The minimum absolute atomic E-state index is 0.492. The Morgan fingerprint density at radius 3 is 2.71 bits per heavy atom. The van der Waals surface area contributed by atoms with Gasteiger partial charge in [0.1, 0.15) is 5.75 Å². The topological polar surface area (TPSA) is 44.5 Å². The van der Waals surface area contributed by atoms with Crippen LogP contribution in [0, 0.1) is 6.92 Å². The Morgan fingerprint density at radius 1 is 1.43 bits per heavy atom. The average Bonchev–Trinajstić information content (AvgIpc) is 2.14. The number of halogens is 1. The fourth-order valence-electron chi connectivity index (χ4n) is 1.45. The molecule has 0 fully saturated rings. The molecule has 0 aliphatic heterocycles. The second-order valence-electron chi connectivity index (χ2n) is 3.04. The third kappa shape index (κ3) is 2.70. The van der Waals surface area contributed by atoms with Gasteiger partial charge in [-0.1, -0.05) is 15.9 Å². The number of nitrogens with two attached hydrogens (primary N) is 1. The molecule has 78 valence electrons. The van der Waals surface area contributed by atoms with Gasteiger partial charge in [-0.05, 0) is 30.2 Å². The molecule has 0 amide bonds. The second-order valence-corrected chi connectivity index (χ2v) is 3.95. The molecule has 0 spiro atoms. The Hall–Kier alpha value is -0.580. The van der Waals surface area contributed by atoms with Crippen molar-refractivity contribution in [1.29, 1.82) is 0 Å². The largest absolute Gasteiger partial charge is 0.496 e. The maximum absolute atomic E-state index is 5.31. The molecule has 0 unspecified atom stereocenters. The summed E-state index contributed by atoms with van der Waals surface area (Å²) in [5.74, 6) is 5.90. The molecule has 0 bridgehead atoms. The minimum atomic E-state index is 0.492. The lowest BCUT2D eigenvalue weighted by Crippen LogP contribution is -2.05. The summed E-state index contributed by atoms with van der Waals surface area (Å²) >= 11 is 3.44. The van der Waals surface area contributed by atoms with Crippen molar-refractivity contribution in [3.8, 4) is 5.75 Å². The molecule has 0 aromatic heterocycles. The smallest absolute Gasteiger partial charge is 0.125 e. The van der Waals surface area contributed by atoms with Crippen LogP contribution >= 0.6 is 15.9 Å². The zero-order chi connectivity index (χ0) is 10.6. The van der Waals surface area contributed by atoms with E-state index in [-0.39, 0.29) is 0 Å². The normalized spacial score (nSPS) is 10.3. The molecule has 1 aromatic carbocycles. The molecule has 0 aliphatic carbocycles. The summed E-state index contributed by atoms with van der Waals surface area (Å²) in [5.41, 5.74) is 2.21. The first kappa shape index (κ1) is 11.5. The lowest BCUT2D eigenvalue weighted by atomic mass is 10.1. The fourth-order valence-corrected chi connectivity index (χ4v) is 2.07. The van der Waals surface area contributed by atoms with E-state index in [2.05, 4.69) is 20.8 Å². The lowest BCUT2D eigenvalue weighted by Gasteiger charge is -2.11. The molecule has 0 saturated carbocycles. The summed E-state index contributed by atoms with van der Waals surface area (Å²) < 4.78 is 6.36. The van der Waals surface area contributed by atoms with Crippen molar-refractivity contribution in [2.45, 2.75) is 13.3 Å². The highest BCUT2D eigenvalue weighted by Gasteiger charge is 2.07. The first-order chi connectivity index (χ1) is 6.69. The van der Waals surface area contributed by atoms with E-state index in [4.69, 9.17) is 10.6 Å². The Kier molecular flexibility index (Phi) is 4.38. The van der Waals surface area contributed by atoms with Crippen LogP contribution in [0.2, 0.25) is 0 Å². The van der Waals surface area contributed by atoms with Crippen molar-refractivity contribution < 1.29 is 9.57 Å². The SMILES string of the molecule is COc1c(C)cc(Br)cc1CCON. The molecule has 0 saturated heterocycles. The molecule has 2 N–H and O–H groups in total. The Labute approximate surface area is 92.3 Å². The first-order valence-electron chi connectivity index (χ1n) is 4.33. The molecular weight excluding hydrogens is 246 g/mol. The van der Waals surface area contributed by atoms with Crippen molar-refractivity contribution in [3.05, 3.63) is 27.7 Å². The molecule has 4 heteroatoms. The summed E-state index contributed by atoms with van der Waals surface area (Å²) in [6, 6.07) is 4.04. The summed E-state index contributed by atoms with van der Waals surface area (Å²) in [4.78, 5) is 4.55. The van der Waals surface area contributed by atoms with E-state index >= 15 is 0 Å². The van der Waals surface area contributed by atoms with Gasteiger partial charge in [-0.25, -0.2) is 5.90 Å². The van der Waals surface area contributed by atoms with Gasteiger partial charge in [0, 0.05) is 10.9 Å². The van der Waals surface area contributed by atoms with E-state index in [0.717, 1.165) is 27.8 Å². The molecule has 14 heavy (non-hydrogen) atoms. The molecule has 3 nitrogen and oxygen atoms in total. The van der Waals surface area contributed by atoms with Crippen LogP contribution in [0.4, 0.5) is 0 Å². The van der Waals surface area contributed by atoms with Gasteiger partial charge in [0.2, 0.25) is 0 Å². The summed E-state index contributed by atoms with van der Waals surface area (Å²) in [7, 11) is 1.67. The quantitative estimate of drug-likeness (QED) is 0.844. The van der Waals surface area contributed by atoms with Crippen LogP contribution in [-0.2, 0) is 11.3 Å². The minimum Gasteiger partial charge on any atom is -0.496 e. The van der Waals surface area contributed by atoms with Crippen molar-refractivity contribution in [2.24, 2.45) is 5.90 Å². The number of rotatable bonds is 4. The van der Waals surface area contributed by atoms with Crippen molar-refractivity contribution in [2.75, 3.05) is 13.7 Å². The molecule has 1 rings (SSSR count). The van der Waals surface area contributed by atoms with Crippen molar-refractivity contribution in [3.63, 3.8) is 0 Å². The maximum atomic E-state index is 5.31. The summed E-state index contributed by atoms with van der Waals surface area (Å²) in [6.45, 7) is 2.50. The van der Waals surface area contributed by atoms with Crippen LogP contribution < -0.4 is 10.6 Å². The lowest BCUT2D eigenvalue weighted by molar-refractivity contribution is 0.140. The summed E-state index contributed by atoms with van der Waals surface area (Å²) in [6.07, 6.45) is 0.750. The van der Waals surface area contributed by atoms with Gasteiger partial charge in [-0.2, -0.15) is 0 Å². The predicted molar refractivity (Wildman–Crippen MR) is 59.3 cm³/mol. The highest BCUT2D eigenvalue weighted by molar-refractivity contribution is 9.10. The van der Waals surface area contributed by atoms with Crippen LogP contribution in [0.5, 0.6) is 5.75 Å². The number of methoxy groups -OCH3 is 1. The van der Waals surface area contributed by atoms with Crippen molar-refractivity contribution in [1.82, 2.24) is 0 Å². The number of hydrogen-bond acceptors (Lipinski definition) is 3. The van der Waals surface area contributed by atoms with Gasteiger partial charge in [0.05, 0.1) is 13.7 Å². The van der Waals surface area contributed by atoms with E-state index in [9.17, 15) is 0 Å². The van der Waals surface area contributed by atoms with Gasteiger partial charge in [0.15, 0.2) is 0 Å². The Bertz CT molecular complexity index is 315. The second kappa shape index (κ2) is 5.34. The van der Waals surface area contributed by atoms with Gasteiger partial charge >= 0.3 is 0 Å². The highest BCUT2D eigenvalue weighted by Crippen LogP contribution is 2.27. The molecule has 0 atom stereocenters. The first-order valence-corrected chi connectivity index (χ1v) is 5.13. The highest BCUT2D eigenvalue weighted by atomic mass is 79.9. The summed E-state index contributed by atoms with van der Waals surface area (Å²) in [5, 5.41) is 0. The van der Waals surface area contributed by atoms with Crippen LogP contribution in [-0.4, -0.2) is 13.7 Å². The third-order valence-electron chi connectivity index (χ3n) is 2.01. The van der Waals surface area contributed by atoms with Crippen LogP contribution in [0.25, 0.3) is 0 Å². The third-order valence-corrected chi connectivity index (χ3v) is 2.47. The van der Waals surface area contributed by atoms with E-state index < -0.39 is 0 Å². The predicted octanol–water partition coefficient (Wildman–Crippen LogP) is 2.20. The number of aryl methyl sites for hydroxylation is 1. The monoisotopic (exact) mass is 259 g/mol. The Balaban J connectivity index is 2.99. The van der Waals surface area contributed by atoms with E-state index in [1.807, 2.05) is 19.1 Å². The van der Waals surface area contributed by atoms with Crippen LogP contribution in [0.15, 0.2) is 16.6 Å². The number of benzene rings is 1. The van der Waals surface area contributed by atoms with Gasteiger partial charge in [-0.3, -0.25) is 0 Å². The van der Waals surface area contributed by atoms with Gasteiger partial charge in [0.25, 0.3) is 0 Å². The Morgan fingerprint density at radius 2 is 2.14 bits per heavy atom. The van der Waals surface area contributed by atoms with E-state index in [0.29, 0.717) is 6.61 Å². The van der Waals surface area contributed by atoms with E-state index in [1.165, 1.54) is 0 Å². The molecule has 0 radical (unpaired) electrons. The number of ether oxygens (including phenoxy) is 1. The van der Waals surface area contributed by atoms with E-state index in [1.54, 1.807) is 7.11 Å². The van der Waals surface area contributed by atoms with Gasteiger partial charge in [-0.15, -0.1) is 0 Å². The number of hydrogen-bond donors (Lipinski definition) is 1. The molecule has 1 aromatic rings. The molecule has 0 aliphatic rings. The standard InChI is InChI=1S/C10H14BrNO2/c1-7-5-9(11)6-8(3-4-14-12)10(7)13-2/h5-6H,3-4,12H2,1-2H3. The zero-order valence-corrected chi connectivity index (χ0v) is 9.93. The maximum Gasteiger partial charge on any atom is 0.125 e. The average molecular weight is 260 g/mol.